The Hall–Kier alpha value is -0.150. The summed E-state index contributed by atoms with van der Waals surface area (Å²) in [6, 6.07) is 0. The fourth-order valence-corrected chi connectivity index (χ4v) is 12.2. The van der Waals surface area contributed by atoms with Crippen LogP contribution in [0.3, 0.4) is 0 Å². The molecule has 0 bridgehead atoms. The summed E-state index contributed by atoms with van der Waals surface area (Å²) in [5.41, 5.74) is 7.78. The van der Waals surface area contributed by atoms with Gasteiger partial charge >= 0.3 is 0 Å². The molecule has 0 aromatic heterocycles. The average Bonchev–Trinajstić information content (AvgIpc) is 3.39. The van der Waals surface area contributed by atoms with Crippen LogP contribution in [0.25, 0.3) is 0 Å². The molecule has 0 aromatic carbocycles. The number of thioether (sulfide) groups is 1. The molecule has 4 fully saturated rings. The van der Waals surface area contributed by atoms with Gasteiger partial charge in [-0.3, -0.25) is 0 Å². The number of allylic oxidation sites excluding steroid dienone is 1. The van der Waals surface area contributed by atoms with Gasteiger partial charge in [-0.05, 0) is 116 Å². The molecule has 1 heterocycles. The molecule has 1 saturated heterocycles. The normalized spacial score (nSPS) is 43.1. The summed E-state index contributed by atoms with van der Waals surface area (Å²) in [5, 5.41) is 30.3. The third-order valence-electron chi connectivity index (χ3n) is 13.8. The zero-order valence-corrected chi connectivity index (χ0v) is 30.7. The fraction of sp³-hybridized carbons (Fsp3) is 0.949. The van der Waals surface area contributed by atoms with Gasteiger partial charge in [-0.2, -0.15) is 0 Å². The number of nitrogens with two attached hydrogens (primary N) is 1. The molecule has 1 aliphatic heterocycles. The quantitative estimate of drug-likeness (QED) is 0.106. The van der Waals surface area contributed by atoms with Crippen LogP contribution in [0.2, 0.25) is 0 Å². The van der Waals surface area contributed by atoms with Gasteiger partial charge in [0.25, 0.3) is 0 Å². The van der Waals surface area contributed by atoms with Crippen molar-refractivity contribution in [2.75, 3.05) is 18.9 Å². The van der Waals surface area contributed by atoms with Crippen LogP contribution in [-0.2, 0) is 9.47 Å². The summed E-state index contributed by atoms with van der Waals surface area (Å²) in [7, 11) is 0. The van der Waals surface area contributed by atoms with Crippen LogP contribution >= 0.6 is 11.8 Å². The highest BCUT2D eigenvalue weighted by Gasteiger charge is 2.59. The standard InChI is InChI=1S/C39H69NO5S/c1-25(2)11-10-12-26(3)30-15-16-31-29-14-13-27-23-28(17-19-38(27,4)32(29)18-20-39(30,31)5)44-21-8-6-7-9-22-46-37-36(43)35(42)34(41)33(24-40)45-37/h13,25-26,28-37,41-43H,6-12,14-24,40H2,1-5H3/t26-,28?,29?,30-,31?,32?,33-,34+,35+,36-,37+,38+,39-/m1/s1. The number of unbranched alkanes of at least 4 members (excludes halogenated alkanes) is 3. The van der Waals surface area contributed by atoms with Gasteiger partial charge in [0.05, 0.1) is 12.2 Å². The highest BCUT2D eigenvalue weighted by atomic mass is 32.2. The molecule has 7 heteroatoms. The SMILES string of the molecule is CC(C)CCC[C@@H](C)[C@H]1CCC2C3CC=C4CC(OCCCCCCS[C@@H]5O[C@H](CN)[C@H](O)[C@H](O)[C@H]5O)CC[C@]4(C)C3CC[C@@]21C. The maximum atomic E-state index is 10.3. The third kappa shape index (κ3) is 7.92. The zero-order chi connectivity index (χ0) is 33.1. The molecule has 5 N–H and O–H groups in total. The van der Waals surface area contributed by atoms with E-state index in [1.807, 2.05) is 0 Å². The van der Waals surface area contributed by atoms with Crippen LogP contribution in [-0.4, -0.2) is 70.2 Å². The van der Waals surface area contributed by atoms with E-state index in [0.29, 0.717) is 16.9 Å². The Labute approximate surface area is 285 Å². The minimum Gasteiger partial charge on any atom is -0.388 e. The smallest absolute Gasteiger partial charge is 0.132 e. The molecule has 0 aromatic rings. The van der Waals surface area contributed by atoms with Crippen LogP contribution in [0, 0.1) is 46.3 Å². The Kier molecular flexibility index (Phi) is 13.1. The second-order valence-corrected chi connectivity index (χ2v) is 18.3. The van der Waals surface area contributed by atoms with Crippen LogP contribution in [0.4, 0.5) is 0 Å². The Morgan fingerprint density at radius 3 is 2.46 bits per heavy atom. The molecule has 0 spiro atoms. The van der Waals surface area contributed by atoms with E-state index in [0.717, 1.165) is 80.0 Å². The van der Waals surface area contributed by atoms with Crippen molar-refractivity contribution in [3.63, 3.8) is 0 Å². The number of aliphatic hydroxyl groups is 3. The predicted octanol–water partition coefficient (Wildman–Crippen LogP) is 7.47. The van der Waals surface area contributed by atoms with E-state index < -0.39 is 29.9 Å². The lowest BCUT2D eigenvalue weighted by Crippen LogP contribution is -2.58. The van der Waals surface area contributed by atoms with Crippen molar-refractivity contribution in [3.8, 4) is 0 Å². The van der Waals surface area contributed by atoms with Gasteiger partial charge in [0.2, 0.25) is 0 Å². The van der Waals surface area contributed by atoms with Crippen LogP contribution < -0.4 is 5.73 Å². The van der Waals surface area contributed by atoms with Crippen LogP contribution in [0.15, 0.2) is 11.6 Å². The van der Waals surface area contributed by atoms with Crippen molar-refractivity contribution in [1.82, 2.24) is 0 Å². The summed E-state index contributed by atoms with van der Waals surface area (Å²) in [5.74, 6) is 6.17. The average molecular weight is 664 g/mol. The number of aliphatic hydroxyl groups excluding tert-OH is 3. The zero-order valence-electron chi connectivity index (χ0n) is 29.9. The van der Waals surface area contributed by atoms with Crippen molar-refractivity contribution >= 4 is 11.8 Å². The van der Waals surface area contributed by atoms with E-state index >= 15 is 0 Å². The van der Waals surface area contributed by atoms with Crippen molar-refractivity contribution in [3.05, 3.63) is 11.6 Å². The summed E-state index contributed by atoms with van der Waals surface area (Å²) < 4.78 is 12.2. The first-order valence-corrected chi connectivity index (χ1v) is 20.4. The first kappa shape index (κ1) is 37.1. The van der Waals surface area contributed by atoms with Crippen molar-refractivity contribution in [2.24, 2.45) is 52.1 Å². The number of ether oxygens (including phenoxy) is 2. The Balaban J connectivity index is 1.02. The lowest BCUT2D eigenvalue weighted by atomic mass is 9.47. The van der Waals surface area contributed by atoms with Gasteiger partial charge in [-0.1, -0.05) is 78.4 Å². The minimum absolute atomic E-state index is 0.124. The second-order valence-electron chi connectivity index (χ2n) is 17.1. The number of hydrogen-bond acceptors (Lipinski definition) is 7. The molecule has 5 aliphatic rings. The van der Waals surface area contributed by atoms with Gasteiger partial charge in [-0.15, -0.1) is 11.8 Å². The third-order valence-corrected chi connectivity index (χ3v) is 15.1. The molecule has 46 heavy (non-hydrogen) atoms. The topological polar surface area (TPSA) is 105 Å². The molecule has 0 amide bonds. The lowest BCUT2D eigenvalue weighted by molar-refractivity contribution is -0.194. The van der Waals surface area contributed by atoms with Gasteiger partial charge in [0, 0.05) is 13.2 Å². The van der Waals surface area contributed by atoms with Gasteiger partial charge in [-0.25, -0.2) is 0 Å². The van der Waals surface area contributed by atoms with Crippen molar-refractivity contribution < 1.29 is 24.8 Å². The van der Waals surface area contributed by atoms with Gasteiger partial charge in [0.15, 0.2) is 0 Å². The van der Waals surface area contributed by atoms with E-state index in [1.54, 1.807) is 5.57 Å². The van der Waals surface area contributed by atoms with Gasteiger partial charge in [0.1, 0.15) is 23.7 Å². The van der Waals surface area contributed by atoms with E-state index in [9.17, 15) is 15.3 Å². The summed E-state index contributed by atoms with van der Waals surface area (Å²) in [6.45, 7) is 13.6. The molecular weight excluding hydrogens is 594 g/mol. The van der Waals surface area contributed by atoms with E-state index in [4.69, 9.17) is 15.2 Å². The molecule has 13 atom stereocenters. The summed E-state index contributed by atoms with van der Waals surface area (Å²) in [6.07, 6.45) is 18.4. The van der Waals surface area contributed by atoms with Crippen LogP contribution in [0.1, 0.15) is 131 Å². The predicted molar refractivity (Wildman–Crippen MR) is 189 cm³/mol. The molecule has 266 valence electrons. The summed E-state index contributed by atoms with van der Waals surface area (Å²) >= 11 is 1.51. The molecular formula is C39H69NO5S. The Morgan fingerprint density at radius 2 is 1.70 bits per heavy atom. The van der Waals surface area contributed by atoms with Crippen molar-refractivity contribution in [2.45, 2.75) is 167 Å². The molecule has 6 nitrogen and oxygen atoms in total. The number of rotatable bonds is 15. The van der Waals surface area contributed by atoms with Crippen LogP contribution in [0.5, 0.6) is 0 Å². The maximum Gasteiger partial charge on any atom is 0.132 e. The fourth-order valence-electron chi connectivity index (χ4n) is 11.1. The second kappa shape index (κ2) is 16.2. The molecule has 4 aliphatic carbocycles. The van der Waals surface area contributed by atoms with Crippen molar-refractivity contribution in [1.29, 1.82) is 0 Å². The highest BCUT2D eigenvalue weighted by molar-refractivity contribution is 7.99. The lowest BCUT2D eigenvalue weighted by Gasteiger charge is -2.58. The molecule has 4 unspecified atom stereocenters. The molecule has 0 radical (unpaired) electrons. The largest absolute Gasteiger partial charge is 0.388 e. The first-order valence-electron chi connectivity index (χ1n) is 19.3. The van der Waals surface area contributed by atoms with E-state index in [2.05, 4.69) is 40.7 Å². The minimum atomic E-state index is -1.21. The van der Waals surface area contributed by atoms with Gasteiger partial charge < -0.3 is 30.5 Å². The van der Waals surface area contributed by atoms with E-state index in [-0.39, 0.29) is 6.54 Å². The monoisotopic (exact) mass is 663 g/mol. The number of hydrogen-bond donors (Lipinski definition) is 4. The number of fused-ring (bicyclic) bond motifs is 5. The molecule has 3 saturated carbocycles. The summed E-state index contributed by atoms with van der Waals surface area (Å²) in [4.78, 5) is 0. The first-order chi connectivity index (χ1) is 22.0. The Bertz CT molecular complexity index is 991. The highest BCUT2D eigenvalue weighted by Crippen LogP contribution is 2.67. The maximum absolute atomic E-state index is 10.3. The van der Waals surface area contributed by atoms with E-state index in [1.165, 1.54) is 76.0 Å². The Morgan fingerprint density at radius 1 is 0.913 bits per heavy atom. The molecule has 5 rings (SSSR count).